The molecule has 0 spiro atoms. The number of halogens is 3. The van der Waals surface area contributed by atoms with Gasteiger partial charge in [-0.1, -0.05) is 0 Å². The van der Waals surface area contributed by atoms with Crippen LogP contribution in [-0.2, 0) is 19.7 Å². The number of rotatable bonds is 5. The molecule has 0 fully saturated rings. The van der Waals surface area contributed by atoms with E-state index in [2.05, 4.69) is 4.74 Å². The molecule has 0 rings (SSSR count). The number of nitrogens with one attached hydrogen (secondary N) is 2. The van der Waals surface area contributed by atoms with Crippen molar-refractivity contribution in [3.63, 3.8) is 0 Å². The van der Waals surface area contributed by atoms with Crippen LogP contribution in [0, 0.1) is 0 Å². The zero-order valence-electron chi connectivity index (χ0n) is 10.6. The van der Waals surface area contributed by atoms with Crippen LogP contribution in [0.15, 0.2) is 0 Å². The smallest absolute Gasteiger partial charge is 0.422 e. The number of alkyl halides is 3. The highest BCUT2D eigenvalue weighted by Crippen LogP contribution is 2.30. The van der Waals surface area contributed by atoms with Gasteiger partial charge in [0.1, 0.15) is 0 Å². The quantitative estimate of drug-likeness (QED) is 0.672. The molecule has 8 nitrogen and oxygen atoms in total. The highest BCUT2D eigenvalue weighted by molar-refractivity contribution is 7.88. The Kier molecular flexibility index (Phi) is 5.37. The van der Waals surface area contributed by atoms with E-state index >= 15 is 0 Å². The van der Waals surface area contributed by atoms with Crippen molar-refractivity contribution < 1.29 is 41.0 Å². The summed E-state index contributed by atoms with van der Waals surface area (Å²) in [6.45, 7) is 2.84. The summed E-state index contributed by atoms with van der Waals surface area (Å²) in [5.41, 5.74) is -3.79. The second-order valence-electron chi connectivity index (χ2n) is 4.09. The molecule has 0 aromatic rings. The third-order valence-corrected chi connectivity index (χ3v) is 3.01. The molecule has 0 radical (unpaired) electrons. The van der Waals surface area contributed by atoms with E-state index in [4.69, 9.17) is 5.11 Å². The maximum absolute atomic E-state index is 12.6. The van der Waals surface area contributed by atoms with Gasteiger partial charge in [-0.3, -0.25) is 0 Å². The molecule has 1 atom stereocenters. The lowest BCUT2D eigenvalue weighted by atomic mass is 10.0. The summed E-state index contributed by atoms with van der Waals surface area (Å²) in [6.07, 6.45) is -7.68. The maximum atomic E-state index is 12.6. The van der Waals surface area contributed by atoms with Crippen molar-refractivity contribution in [2.45, 2.75) is 38.6 Å². The third-order valence-electron chi connectivity index (χ3n) is 1.89. The van der Waals surface area contributed by atoms with E-state index in [0.29, 0.717) is 0 Å². The largest absolute Gasteiger partial charge is 0.480 e. The Bertz CT molecular complexity index is 489. The fourth-order valence-electron chi connectivity index (χ4n) is 0.865. The second kappa shape index (κ2) is 5.83. The monoisotopic (exact) mass is 322 g/mol. The average Bonchev–Trinajstić information content (AvgIpc) is 2.11. The molecule has 0 saturated carbocycles. The number of carboxylic acids is 1. The number of amides is 1. The number of aliphatic carboxylic acids is 1. The molecule has 0 aliphatic carbocycles. The fourth-order valence-corrected chi connectivity index (χ4v) is 1.92. The SMILES string of the molecule is CC(C)OC(=O)NS(=O)(=O)NC(C)(C(=O)O)C(F)(F)F. The van der Waals surface area contributed by atoms with Crippen molar-refractivity contribution in [2.24, 2.45) is 0 Å². The van der Waals surface area contributed by atoms with Gasteiger partial charge in [0.2, 0.25) is 5.54 Å². The summed E-state index contributed by atoms with van der Waals surface area (Å²) >= 11 is 0. The predicted molar refractivity (Wildman–Crippen MR) is 58.9 cm³/mol. The third kappa shape index (κ3) is 4.85. The molecule has 20 heavy (non-hydrogen) atoms. The summed E-state index contributed by atoms with van der Waals surface area (Å²) < 4.78 is 66.7. The fraction of sp³-hybridized carbons (Fsp3) is 0.750. The minimum absolute atomic E-state index is 0.0995. The van der Waals surface area contributed by atoms with E-state index in [9.17, 15) is 31.2 Å². The van der Waals surface area contributed by atoms with Crippen molar-refractivity contribution in [1.82, 2.24) is 9.44 Å². The van der Waals surface area contributed by atoms with Gasteiger partial charge in [-0.25, -0.2) is 14.3 Å². The first kappa shape index (κ1) is 18.4. The zero-order chi connectivity index (χ0) is 16.4. The van der Waals surface area contributed by atoms with E-state index in [1.807, 2.05) is 0 Å². The van der Waals surface area contributed by atoms with E-state index in [0.717, 1.165) is 9.44 Å². The summed E-state index contributed by atoms with van der Waals surface area (Å²) in [6, 6.07) is 0. The number of hydrogen-bond donors (Lipinski definition) is 3. The van der Waals surface area contributed by atoms with Gasteiger partial charge in [-0.2, -0.15) is 26.3 Å². The first-order chi connectivity index (χ1) is 8.71. The highest BCUT2D eigenvalue weighted by atomic mass is 32.2. The van der Waals surface area contributed by atoms with E-state index in [1.54, 1.807) is 0 Å². The molecule has 0 bridgehead atoms. The lowest BCUT2D eigenvalue weighted by molar-refractivity contribution is -0.201. The lowest BCUT2D eigenvalue weighted by Crippen LogP contribution is -2.64. The van der Waals surface area contributed by atoms with Gasteiger partial charge >= 0.3 is 28.4 Å². The van der Waals surface area contributed by atoms with E-state index in [-0.39, 0.29) is 6.92 Å². The molecule has 3 N–H and O–H groups in total. The Hall–Kier alpha value is -1.56. The number of carbonyl (C=O) groups excluding carboxylic acids is 1. The Morgan fingerprint density at radius 1 is 1.25 bits per heavy atom. The Balaban J connectivity index is 5.16. The van der Waals surface area contributed by atoms with Gasteiger partial charge in [-0.15, -0.1) is 0 Å². The topological polar surface area (TPSA) is 122 Å². The van der Waals surface area contributed by atoms with Crippen LogP contribution in [-0.4, -0.2) is 43.4 Å². The molecule has 0 aliphatic heterocycles. The molecule has 0 aromatic heterocycles. The Labute approximate surface area is 112 Å². The van der Waals surface area contributed by atoms with Crippen LogP contribution in [0.1, 0.15) is 20.8 Å². The summed E-state index contributed by atoms with van der Waals surface area (Å²) in [4.78, 5) is 21.6. The normalized spacial score (nSPS) is 15.6. The second-order valence-corrected chi connectivity index (χ2v) is 5.50. The maximum Gasteiger partial charge on any atom is 0.422 e. The molecule has 12 heteroatoms. The van der Waals surface area contributed by atoms with Gasteiger partial charge < -0.3 is 9.84 Å². The van der Waals surface area contributed by atoms with E-state index < -0.39 is 40.1 Å². The lowest BCUT2D eigenvalue weighted by Gasteiger charge is -2.28. The zero-order valence-corrected chi connectivity index (χ0v) is 11.4. The molecule has 1 unspecified atom stereocenters. The molecule has 0 aromatic carbocycles. The number of ether oxygens (including phenoxy) is 1. The van der Waals surface area contributed by atoms with Gasteiger partial charge in [-0.05, 0) is 20.8 Å². The van der Waals surface area contributed by atoms with Crippen molar-refractivity contribution in [2.75, 3.05) is 0 Å². The van der Waals surface area contributed by atoms with Crippen molar-refractivity contribution in [3.05, 3.63) is 0 Å². The molecule has 1 amide bonds. The summed E-state index contributed by atoms with van der Waals surface area (Å²) in [5.74, 6) is -2.48. The minimum atomic E-state index is -5.42. The van der Waals surface area contributed by atoms with Gasteiger partial charge in [0.25, 0.3) is 0 Å². The molecular formula is C8H13F3N2O6S. The van der Waals surface area contributed by atoms with Crippen LogP contribution in [0.5, 0.6) is 0 Å². The van der Waals surface area contributed by atoms with Crippen LogP contribution in [0.2, 0.25) is 0 Å². The number of hydrogen-bond acceptors (Lipinski definition) is 5. The Morgan fingerprint density at radius 2 is 1.70 bits per heavy atom. The van der Waals surface area contributed by atoms with Gasteiger partial charge in [0.15, 0.2) is 0 Å². The molecular weight excluding hydrogens is 309 g/mol. The Morgan fingerprint density at radius 3 is 2.00 bits per heavy atom. The van der Waals surface area contributed by atoms with Crippen molar-refractivity contribution >= 4 is 22.3 Å². The molecule has 118 valence electrons. The van der Waals surface area contributed by atoms with Crippen LogP contribution in [0.3, 0.4) is 0 Å². The highest BCUT2D eigenvalue weighted by Gasteiger charge is 2.59. The standard InChI is InChI=1S/C8H13F3N2O6S/c1-4(2)19-6(16)12-20(17,18)13-7(3,5(14)15)8(9,10)11/h4,13H,1-3H3,(H,12,16)(H,14,15). The summed E-state index contributed by atoms with van der Waals surface area (Å²) in [5, 5.41) is 8.52. The summed E-state index contributed by atoms with van der Waals surface area (Å²) in [7, 11) is -5.09. The van der Waals surface area contributed by atoms with Gasteiger partial charge in [0, 0.05) is 0 Å². The van der Waals surface area contributed by atoms with Crippen LogP contribution in [0.4, 0.5) is 18.0 Å². The first-order valence-electron chi connectivity index (χ1n) is 5.03. The molecule has 0 heterocycles. The molecule has 0 saturated heterocycles. The molecule has 0 aliphatic rings. The average molecular weight is 322 g/mol. The van der Waals surface area contributed by atoms with Crippen LogP contribution >= 0.6 is 0 Å². The van der Waals surface area contributed by atoms with Gasteiger partial charge in [0.05, 0.1) is 6.10 Å². The predicted octanol–water partition coefficient (Wildman–Crippen LogP) is 0.361. The van der Waals surface area contributed by atoms with Crippen LogP contribution in [0.25, 0.3) is 0 Å². The van der Waals surface area contributed by atoms with Crippen molar-refractivity contribution in [3.8, 4) is 0 Å². The van der Waals surface area contributed by atoms with Crippen LogP contribution < -0.4 is 9.44 Å². The number of carbonyl (C=O) groups is 2. The number of carboxylic acid groups (broad SMARTS) is 1. The van der Waals surface area contributed by atoms with Crippen molar-refractivity contribution in [1.29, 1.82) is 0 Å². The van der Waals surface area contributed by atoms with E-state index in [1.165, 1.54) is 13.8 Å². The first-order valence-corrected chi connectivity index (χ1v) is 6.52. The minimum Gasteiger partial charge on any atom is -0.480 e.